The van der Waals surface area contributed by atoms with Crippen molar-refractivity contribution in [2.45, 2.75) is 144 Å². The molecule has 27 N–H and O–H groups in total. The van der Waals surface area contributed by atoms with Gasteiger partial charge in [0.1, 0.15) is 24.3 Å². The highest BCUT2D eigenvalue weighted by Crippen LogP contribution is 2.24. The predicted octanol–water partition coefficient (Wildman–Crippen LogP) is -10.3. The fourth-order valence-corrected chi connectivity index (χ4v) is 7.35. The molecular formula is C36H74N15O11+5. The molecule has 354 valence electrons. The van der Waals surface area contributed by atoms with Crippen molar-refractivity contribution in [1.82, 2.24) is 42.3 Å². The van der Waals surface area contributed by atoms with Gasteiger partial charge in [-0.25, -0.2) is 9.79 Å². The van der Waals surface area contributed by atoms with Crippen LogP contribution in [0, 0.1) is 0 Å². The van der Waals surface area contributed by atoms with Gasteiger partial charge in [0.15, 0.2) is 24.5 Å². The van der Waals surface area contributed by atoms with Crippen molar-refractivity contribution < 1.29 is 82.3 Å². The first kappa shape index (κ1) is 51.8. The zero-order chi connectivity index (χ0) is 45.8. The quantitative estimate of drug-likeness (QED) is 0.0341. The third kappa shape index (κ3) is 18.1. The van der Waals surface area contributed by atoms with Gasteiger partial charge in [-0.1, -0.05) is 0 Å². The first-order valence-electron chi connectivity index (χ1n) is 21.5. The molecule has 26 heteroatoms. The van der Waals surface area contributed by atoms with Crippen LogP contribution < -0.4 is 71.6 Å². The molecule has 0 aromatic carbocycles. The van der Waals surface area contributed by atoms with Gasteiger partial charge in [0.05, 0.1) is 69.7 Å². The van der Waals surface area contributed by atoms with Crippen molar-refractivity contribution in [3.05, 3.63) is 0 Å². The van der Waals surface area contributed by atoms with E-state index in [9.17, 15) is 44.2 Å². The van der Waals surface area contributed by atoms with Crippen LogP contribution in [0.4, 0.5) is 4.79 Å². The van der Waals surface area contributed by atoms with Crippen LogP contribution >= 0.6 is 0 Å². The molecule has 0 spiro atoms. The molecule has 11 atom stereocenters. The lowest BCUT2D eigenvalue weighted by atomic mass is 9.95. The van der Waals surface area contributed by atoms with Crippen LogP contribution in [-0.4, -0.2) is 168 Å². The average Bonchev–Trinajstić information content (AvgIpc) is 3.64. The second-order valence-corrected chi connectivity index (χ2v) is 16.3. The van der Waals surface area contributed by atoms with Crippen LogP contribution in [0.25, 0.3) is 0 Å². The number of nitrogens with two attached hydrogens (primary N) is 1. The van der Waals surface area contributed by atoms with E-state index >= 15 is 0 Å². The van der Waals surface area contributed by atoms with Gasteiger partial charge in [0, 0.05) is 51.7 Å². The molecular weight excluding hydrogens is 818 g/mol. The minimum absolute atomic E-state index is 0.00411. The standard InChI is InChI=1S/C36H69N15O11/c37-9-1-5-19(38)13-24(53)43-10-2-6-20(39)14-25(54)44-11-3-7-21(40)15-26(55)45-12-4-8-22(41)16-27(56)47-28-30(57)31(62-35(42)59)23(17-52)61-34(28)50-36-48-29-32(49-36)51(60)18-46-33(29)58/h19-23,28-32,34,52,57,60H,1-18,37-41H2,(H2,42,59)(H,43,53)(H,44,54)(H,45,55)(H,46,58)(H,47,56)(H2,48,49,50)/p+5/t19?,20?,21?,22?,23-,28?,29?,30+,31+,32?,34-/m1/s1. The Bertz CT molecular complexity index is 1500. The molecule has 3 rings (SSSR count). The van der Waals surface area contributed by atoms with Gasteiger partial charge >= 0.3 is 6.09 Å². The number of hydrogen-bond donors (Lipinski definition) is 16. The molecule has 0 bridgehead atoms. The van der Waals surface area contributed by atoms with Crippen molar-refractivity contribution in [2.75, 3.05) is 39.5 Å². The van der Waals surface area contributed by atoms with Gasteiger partial charge in [-0.05, 0) is 19.3 Å². The summed E-state index contributed by atoms with van der Waals surface area (Å²) in [5.74, 6) is -1.24. The zero-order valence-electron chi connectivity index (χ0n) is 35.7. The molecule has 0 radical (unpaired) electrons. The smallest absolute Gasteiger partial charge is 0.404 e. The number of quaternary nitrogens is 5. The molecule has 3 heterocycles. The lowest BCUT2D eigenvalue weighted by Crippen LogP contribution is -2.70. The lowest BCUT2D eigenvalue weighted by molar-refractivity contribution is -0.425. The Hall–Kier alpha value is -4.51. The average molecular weight is 893 g/mol. The van der Waals surface area contributed by atoms with Crippen molar-refractivity contribution in [2.24, 2.45) is 10.7 Å². The molecule has 0 aromatic rings. The molecule has 0 saturated carbocycles. The molecule has 0 aliphatic carbocycles. The Balaban J connectivity index is 1.31. The largest absolute Gasteiger partial charge is 0.441 e. The first-order chi connectivity index (χ1) is 29.5. The highest BCUT2D eigenvalue weighted by atomic mass is 16.6. The van der Waals surface area contributed by atoms with Crippen LogP contribution in [0.5, 0.6) is 0 Å². The maximum atomic E-state index is 13.2. The van der Waals surface area contributed by atoms with Gasteiger partial charge in [0.25, 0.3) is 0 Å². The van der Waals surface area contributed by atoms with Gasteiger partial charge in [-0.15, -0.1) is 5.06 Å². The van der Waals surface area contributed by atoms with Gasteiger partial charge < -0.3 is 96.5 Å². The van der Waals surface area contributed by atoms with E-state index in [1.807, 2.05) is 0 Å². The summed E-state index contributed by atoms with van der Waals surface area (Å²) in [6.07, 6.45) is -1.44. The molecule has 2 fully saturated rings. The van der Waals surface area contributed by atoms with E-state index < -0.39 is 73.3 Å². The second kappa shape index (κ2) is 26.8. The molecule has 0 aromatic heterocycles. The summed E-state index contributed by atoms with van der Waals surface area (Å²) >= 11 is 0. The van der Waals surface area contributed by atoms with Crippen molar-refractivity contribution in [3.8, 4) is 0 Å². The molecule has 62 heavy (non-hydrogen) atoms. The van der Waals surface area contributed by atoms with E-state index in [0.29, 0.717) is 58.2 Å². The van der Waals surface area contributed by atoms with Crippen LogP contribution in [0.2, 0.25) is 0 Å². The molecule has 2 saturated heterocycles. The number of amides is 6. The Morgan fingerprint density at radius 2 is 1.32 bits per heavy atom. The van der Waals surface area contributed by atoms with Gasteiger partial charge in [-0.3, -0.25) is 24.0 Å². The summed E-state index contributed by atoms with van der Waals surface area (Å²) < 4.78 is 10.9. The summed E-state index contributed by atoms with van der Waals surface area (Å²) in [5, 5.41) is 51.6. The zero-order valence-corrected chi connectivity index (χ0v) is 35.7. The number of nitrogens with one attached hydrogen (secondary N) is 7. The Labute approximate surface area is 360 Å². The van der Waals surface area contributed by atoms with Gasteiger partial charge in [0.2, 0.25) is 29.5 Å². The summed E-state index contributed by atoms with van der Waals surface area (Å²) in [6.45, 7) is 1.32. The summed E-state index contributed by atoms with van der Waals surface area (Å²) in [6, 6.07) is -2.77. The van der Waals surface area contributed by atoms with E-state index in [-0.39, 0.29) is 67.7 Å². The van der Waals surface area contributed by atoms with E-state index in [2.05, 4.69) is 70.9 Å². The number of carbonyl (C=O) groups is 6. The molecule has 3 aliphatic heterocycles. The number of fused-ring (bicyclic) bond motifs is 1. The number of aliphatic hydroxyl groups excluding tert-OH is 2. The second-order valence-electron chi connectivity index (χ2n) is 16.3. The number of nitrogens with zero attached hydrogens (tertiary/aromatic N) is 2. The van der Waals surface area contributed by atoms with Gasteiger partial charge in [-0.2, -0.15) is 0 Å². The van der Waals surface area contributed by atoms with Crippen LogP contribution in [0.1, 0.15) is 77.0 Å². The number of guanidine groups is 1. The molecule has 3 aliphatic rings. The van der Waals surface area contributed by atoms with E-state index in [1.54, 1.807) is 0 Å². The van der Waals surface area contributed by atoms with Crippen LogP contribution in [0.3, 0.4) is 0 Å². The third-order valence-corrected chi connectivity index (χ3v) is 10.7. The lowest BCUT2D eigenvalue weighted by Gasteiger charge is -2.44. The Morgan fingerprint density at radius 3 is 1.77 bits per heavy atom. The number of hydrogen-bond acceptors (Lipinski definition) is 15. The summed E-state index contributed by atoms with van der Waals surface area (Å²) in [7, 11) is 0. The first-order valence-corrected chi connectivity index (χ1v) is 21.5. The maximum Gasteiger partial charge on any atom is 0.404 e. The van der Waals surface area contributed by atoms with E-state index in [0.717, 1.165) is 30.9 Å². The number of ether oxygens (including phenoxy) is 2. The number of aliphatic imine (C=N–C) groups is 1. The highest BCUT2D eigenvalue weighted by molar-refractivity contribution is 5.93. The van der Waals surface area contributed by atoms with Crippen molar-refractivity contribution in [1.29, 1.82) is 0 Å². The minimum atomic E-state index is -1.62. The fraction of sp³-hybridized carbons (Fsp3) is 0.806. The minimum Gasteiger partial charge on any atom is -0.441 e. The third-order valence-electron chi connectivity index (χ3n) is 10.7. The monoisotopic (exact) mass is 893 g/mol. The van der Waals surface area contributed by atoms with Crippen LogP contribution in [-0.2, 0) is 33.4 Å². The number of rotatable bonds is 27. The molecule has 7 unspecified atom stereocenters. The normalized spacial score (nSPS) is 25.4. The number of aliphatic hydroxyl groups is 2. The topological polar surface area (TPSA) is 446 Å². The summed E-state index contributed by atoms with van der Waals surface area (Å²) in [4.78, 5) is 78.3. The molecule has 26 nitrogen and oxygen atoms in total. The number of carbonyl (C=O) groups excluding carboxylic acids is 6. The fourth-order valence-electron chi connectivity index (χ4n) is 7.35. The van der Waals surface area contributed by atoms with Crippen LogP contribution in [0.15, 0.2) is 4.99 Å². The SMILES string of the molecule is NC(=O)O[C@H]1[C@@H](CO)O[C@@H](NC2=NC3C(N2)C(=O)NCN3O)C(NC(=O)CC([NH3+])CCCNC(=O)CC([NH3+])CCCNC(=O)CC([NH3+])CCCNC(=O)CC([NH3+])CCC[NH3+])[C@@H]1O. The van der Waals surface area contributed by atoms with Crippen molar-refractivity contribution >= 4 is 41.6 Å². The Morgan fingerprint density at radius 1 is 0.839 bits per heavy atom. The van der Waals surface area contributed by atoms with E-state index in [1.165, 1.54) is 0 Å². The molecule has 6 amide bonds. The van der Waals surface area contributed by atoms with E-state index in [4.69, 9.17) is 15.2 Å². The number of primary amides is 1. The predicted molar refractivity (Wildman–Crippen MR) is 215 cm³/mol. The maximum absolute atomic E-state index is 13.2. The highest BCUT2D eigenvalue weighted by Gasteiger charge is 2.49. The van der Waals surface area contributed by atoms with Crippen molar-refractivity contribution in [3.63, 3.8) is 0 Å². The Kier molecular flexibility index (Phi) is 22.4. The number of hydroxylamine groups is 2. The summed E-state index contributed by atoms with van der Waals surface area (Å²) in [5.41, 5.74) is 25.2.